The minimum Gasteiger partial charge on any atom is -0.465 e. The lowest BCUT2D eigenvalue weighted by molar-refractivity contribution is -0.391. The van der Waals surface area contributed by atoms with Gasteiger partial charge < -0.3 is 19.6 Å². The van der Waals surface area contributed by atoms with Gasteiger partial charge in [-0.1, -0.05) is 0 Å². The Morgan fingerprint density at radius 2 is 1.81 bits per heavy atom. The van der Waals surface area contributed by atoms with Crippen molar-refractivity contribution in [3.05, 3.63) is 37.0 Å². The van der Waals surface area contributed by atoms with Gasteiger partial charge in [-0.25, -0.2) is 4.98 Å². The predicted molar refractivity (Wildman–Crippen MR) is 102 cm³/mol. The first-order valence-corrected chi connectivity index (χ1v) is 9.59. The van der Waals surface area contributed by atoms with Crippen molar-refractivity contribution in [2.24, 2.45) is 5.41 Å². The van der Waals surface area contributed by atoms with Crippen molar-refractivity contribution in [1.82, 2.24) is 9.38 Å². The van der Waals surface area contributed by atoms with E-state index in [1.54, 1.807) is 19.9 Å². The fourth-order valence-electron chi connectivity index (χ4n) is 2.56. The molecule has 0 bridgehead atoms. The van der Waals surface area contributed by atoms with E-state index in [1.807, 2.05) is 0 Å². The fraction of sp³-hybridized carbons (Fsp3) is 0.438. The van der Waals surface area contributed by atoms with Gasteiger partial charge >= 0.3 is 17.8 Å². The number of ether oxygens (including phenoxy) is 2. The first-order chi connectivity index (χ1) is 12.7. The van der Waals surface area contributed by atoms with E-state index in [2.05, 4.69) is 36.8 Å². The van der Waals surface area contributed by atoms with Gasteiger partial charge in [0.1, 0.15) is 11.9 Å². The molecule has 9 nitrogen and oxygen atoms in total. The number of carbonyl (C=O) groups is 2. The molecule has 146 valence electrons. The average molecular weight is 507 g/mol. The quantitative estimate of drug-likeness (QED) is 0.244. The van der Waals surface area contributed by atoms with Crippen LogP contribution >= 0.6 is 31.9 Å². The van der Waals surface area contributed by atoms with Gasteiger partial charge in [0, 0.05) is 6.42 Å². The molecular formula is C16H17Br2N3O6. The Labute approximate surface area is 171 Å². The van der Waals surface area contributed by atoms with Crippen molar-refractivity contribution < 1.29 is 24.0 Å². The van der Waals surface area contributed by atoms with E-state index in [0.717, 1.165) is 0 Å². The van der Waals surface area contributed by atoms with Crippen molar-refractivity contribution in [1.29, 1.82) is 0 Å². The van der Waals surface area contributed by atoms with Gasteiger partial charge in [0.15, 0.2) is 5.41 Å². The van der Waals surface area contributed by atoms with E-state index in [9.17, 15) is 19.7 Å². The lowest BCUT2D eigenvalue weighted by atomic mass is 9.85. The van der Waals surface area contributed by atoms with Crippen LogP contribution in [0.15, 0.2) is 21.2 Å². The van der Waals surface area contributed by atoms with E-state index in [4.69, 9.17) is 9.47 Å². The summed E-state index contributed by atoms with van der Waals surface area (Å²) in [7, 11) is 0. The van der Waals surface area contributed by atoms with Crippen molar-refractivity contribution in [2.45, 2.75) is 27.2 Å². The molecule has 0 aliphatic carbocycles. The summed E-state index contributed by atoms with van der Waals surface area (Å²) in [5.41, 5.74) is -1.50. The maximum absolute atomic E-state index is 12.5. The van der Waals surface area contributed by atoms with Crippen LogP contribution in [0.1, 0.15) is 26.5 Å². The van der Waals surface area contributed by atoms with E-state index in [-0.39, 0.29) is 36.8 Å². The van der Waals surface area contributed by atoms with Gasteiger partial charge in [0.2, 0.25) is 5.65 Å². The Bertz CT molecular complexity index is 893. The number of rotatable bonds is 7. The van der Waals surface area contributed by atoms with E-state index >= 15 is 0 Å². The monoisotopic (exact) mass is 505 g/mol. The number of imidazole rings is 1. The lowest BCUT2D eigenvalue weighted by Gasteiger charge is -2.23. The van der Waals surface area contributed by atoms with Crippen LogP contribution in [0.4, 0.5) is 5.82 Å². The molecule has 0 saturated heterocycles. The highest BCUT2D eigenvalue weighted by Gasteiger charge is 2.47. The molecule has 2 aromatic rings. The summed E-state index contributed by atoms with van der Waals surface area (Å²) in [6, 6.07) is 1.69. The molecule has 2 rings (SSSR count). The number of pyridine rings is 1. The van der Waals surface area contributed by atoms with Crippen molar-refractivity contribution in [2.75, 3.05) is 13.2 Å². The number of hydrogen-bond acceptors (Lipinski definition) is 7. The largest absolute Gasteiger partial charge is 0.465 e. The molecule has 0 saturated carbocycles. The third-order valence-electron chi connectivity index (χ3n) is 3.83. The molecule has 27 heavy (non-hydrogen) atoms. The summed E-state index contributed by atoms with van der Waals surface area (Å²) in [5.74, 6) is -1.99. The highest BCUT2D eigenvalue weighted by atomic mass is 79.9. The molecule has 0 aromatic carbocycles. The Kier molecular flexibility index (Phi) is 6.58. The average Bonchev–Trinajstić information content (AvgIpc) is 2.93. The van der Waals surface area contributed by atoms with Crippen LogP contribution in [-0.2, 0) is 25.5 Å². The van der Waals surface area contributed by atoms with Gasteiger partial charge in [0.05, 0.1) is 22.2 Å². The van der Waals surface area contributed by atoms with E-state index in [0.29, 0.717) is 8.95 Å². The molecule has 0 spiro atoms. The van der Waals surface area contributed by atoms with Crippen LogP contribution in [0.3, 0.4) is 0 Å². The molecule has 0 fully saturated rings. The lowest BCUT2D eigenvalue weighted by Crippen LogP contribution is -2.41. The second-order valence-electron chi connectivity index (χ2n) is 5.79. The summed E-state index contributed by atoms with van der Waals surface area (Å²) in [4.78, 5) is 40.3. The smallest absolute Gasteiger partial charge is 0.351 e. The standard InChI is InChI=1S/C16H17Br2N3O6/c1-4-26-14(22)16(3,15(23)27-5-2)7-11-13(21(24)25)20-8-9(17)6-10(18)12(20)19-11/h6,8H,4-5,7H2,1-3H3. The fourth-order valence-corrected chi connectivity index (χ4v) is 3.83. The second-order valence-corrected chi connectivity index (χ2v) is 7.56. The number of carbonyl (C=O) groups excluding carboxylic acids is 2. The Morgan fingerprint density at radius 3 is 2.30 bits per heavy atom. The van der Waals surface area contributed by atoms with Gasteiger partial charge in [-0.2, -0.15) is 4.40 Å². The van der Waals surface area contributed by atoms with Gasteiger partial charge in [-0.05, 0) is 63.6 Å². The van der Waals surface area contributed by atoms with Crippen LogP contribution in [0.2, 0.25) is 0 Å². The highest BCUT2D eigenvalue weighted by molar-refractivity contribution is 9.11. The predicted octanol–water partition coefficient (Wildman–Crippen LogP) is 3.44. The molecule has 2 aromatic heterocycles. The van der Waals surface area contributed by atoms with Gasteiger partial charge in [-0.15, -0.1) is 0 Å². The van der Waals surface area contributed by atoms with Gasteiger partial charge in [-0.3, -0.25) is 9.59 Å². The first-order valence-electron chi connectivity index (χ1n) is 8.00. The minimum absolute atomic E-state index is 0.0255. The van der Waals surface area contributed by atoms with E-state index < -0.39 is 22.3 Å². The number of esters is 2. The molecule has 0 radical (unpaired) electrons. The summed E-state index contributed by atoms with van der Waals surface area (Å²) < 4.78 is 12.4. The number of nitrogens with zero attached hydrogens (tertiary/aromatic N) is 3. The summed E-state index contributed by atoms with van der Waals surface area (Å²) >= 11 is 6.59. The summed E-state index contributed by atoms with van der Waals surface area (Å²) in [5, 5.41) is 11.7. The normalized spacial score (nSPS) is 11.4. The molecule has 0 unspecified atom stereocenters. The van der Waals surface area contributed by atoms with Crippen LogP contribution in [0.5, 0.6) is 0 Å². The first kappa shape index (κ1) is 21.3. The second kappa shape index (κ2) is 8.34. The number of hydrogen-bond donors (Lipinski definition) is 0. The number of halogens is 2. The topological polar surface area (TPSA) is 113 Å². The maximum Gasteiger partial charge on any atom is 0.351 e. The zero-order chi connectivity index (χ0) is 20.4. The van der Waals surface area contributed by atoms with Crippen LogP contribution in [0.25, 0.3) is 5.65 Å². The highest BCUT2D eigenvalue weighted by Crippen LogP contribution is 2.34. The number of fused-ring (bicyclic) bond motifs is 1. The molecule has 11 heteroatoms. The summed E-state index contributed by atoms with van der Waals surface area (Å²) in [6.07, 6.45) is 1.15. The molecular weight excluding hydrogens is 490 g/mol. The Hall–Kier alpha value is -2.01. The van der Waals surface area contributed by atoms with E-state index in [1.165, 1.54) is 17.5 Å². The van der Waals surface area contributed by atoms with Crippen LogP contribution in [0, 0.1) is 15.5 Å². The van der Waals surface area contributed by atoms with Crippen LogP contribution in [-0.4, -0.2) is 39.5 Å². The zero-order valence-corrected chi connectivity index (χ0v) is 18.0. The van der Waals surface area contributed by atoms with Crippen LogP contribution < -0.4 is 0 Å². The number of nitro groups is 1. The third kappa shape index (κ3) is 4.13. The van der Waals surface area contributed by atoms with Gasteiger partial charge in [0.25, 0.3) is 0 Å². The molecule has 0 amide bonds. The van der Waals surface area contributed by atoms with Crippen molar-refractivity contribution in [3.63, 3.8) is 0 Å². The molecule has 2 heterocycles. The molecule has 0 atom stereocenters. The maximum atomic E-state index is 12.5. The molecule has 0 N–H and O–H groups in total. The minimum atomic E-state index is -1.77. The Balaban J connectivity index is 2.64. The number of aromatic nitrogens is 2. The summed E-state index contributed by atoms with van der Waals surface area (Å²) in [6.45, 7) is 4.65. The third-order valence-corrected chi connectivity index (χ3v) is 4.85. The Morgan fingerprint density at radius 1 is 1.26 bits per heavy atom. The molecule has 0 aliphatic heterocycles. The SMILES string of the molecule is CCOC(=O)C(C)(Cc1nc2c(Br)cc(Br)cn2c1[N+](=O)[O-])C(=O)OCC. The molecule has 0 aliphatic rings. The van der Waals surface area contributed by atoms with Crippen molar-refractivity contribution >= 4 is 55.3 Å². The van der Waals surface area contributed by atoms with Crippen molar-refractivity contribution in [3.8, 4) is 0 Å². The zero-order valence-electron chi connectivity index (χ0n) is 14.8.